The fourth-order valence-electron chi connectivity index (χ4n) is 4.05. The van der Waals surface area contributed by atoms with Crippen molar-refractivity contribution in [2.45, 2.75) is 24.8 Å². The molecule has 0 saturated carbocycles. The summed E-state index contributed by atoms with van der Waals surface area (Å²) in [5.74, 6) is 1.16. The molecule has 0 atom stereocenters. The van der Waals surface area contributed by atoms with Gasteiger partial charge in [0.05, 0.1) is 12.4 Å². The molecule has 0 bridgehead atoms. The van der Waals surface area contributed by atoms with Gasteiger partial charge in [-0.25, -0.2) is 9.78 Å². The summed E-state index contributed by atoms with van der Waals surface area (Å²) in [5, 5.41) is 12.3. The lowest BCUT2D eigenvalue weighted by Gasteiger charge is -2.33. The average molecular weight is 550 g/mol. The first kappa shape index (κ1) is 25.9. The summed E-state index contributed by atoms with van der Waals surface area (Å²) in [6.45, 7) is 5.98. The Balaban J connectivity index is 1.28. The van der Waals surface area contributed by atoms with Crippen LogP contribution in [0.1, 0.15) is 28.0 Å². The van der Waals surface area contributed by atoms with Gasteiger partial charge in [-0.2, -0.15) is 0 Å². The molecule has 0 aliphatic carbocycles. The molecule has 4 aromatic rings. The van der Waals surface area contributed by atoms with Crippen molar-refractivity contribution in [3.05, 3.63) is 70.4 Å². The maximum Gasteiger partial charge on any atom is 0.409 e. The molecule has 0 unspecified atom stereocenters. The molecule has 10 nitrogen and oxygen atoms in total. The Kier molecular flexibility index (Phi) is 7.99. The van der Waals surface area contributed by atoms with Crippen LogP contribution in [0.4, 0.5) is 4.79 Å². The summed E-state index contributed by atoms with van der Waals surface area (Å²) >= 11 is 2.97. The molecule has 1 fully saturated rings. The van der Waals surface area contributed by atoms with Crippen molar-refractivity contribution in [3.63, 3.8) is 0 Å². The molecule has 5 rings (SSSR count). The second-order valence-electron chi connectivity index (χ2n) is 8.61. The van der Waals surface area contributed by atoms with Crippen molar-refractivity contribution >= 4 is 35.1 Å². The van der Waals surface area contributed by atoms with E-state index in [2.05, 4.69) is 51.4 Å². The van der Waals surface area contributed by atoms with Crippen LogP contribution in [0.25, 0.3) is 17.1 Å². The number of thiazole rings is 1. The van der Waals surface area contributed by atoms with Gasteiger partial charge in [-0.05, 0) is 38.1 Å². The highest BCUT2D eigenvalue weighted by atomic mass is 32.2. The Bertz CT molecular complexity index is 1400. The number of carbonyl (C=O) groups is 2. The lowest BCUT2D eigenvalue weighted by molar-refractivity contribution is 0.0566. The Morgan fingerprint density at radius 3 is 2.42 bits per heavy atom. The van der Waals surface area contributed by atoms with Gasteiger partial charge in [-0.1, -0.05) is 29.5 Å². The highest BCUT2D eigenvalue weighted by Gasteiger charge is 2.27. The number of carbonyl (C=O) groups excluding carboxylic acids is 2. The standard InChI is InChI=1S/C26H27N7O3S2/c1-3-36-26(35)32-14-12-31(13-15-32)24(34)21-16-37-22(28-21)17-38-25-30-29-23(19-8-10-27-11-9-19)33(25)20-6-4-18(2)5-7-20/h4-11,16H,3,12-15,17H2,1-2H3. The molecule has 3 aromatic heterocycles. The minimum absolute atomic E-state index is 0.121. The van der Waals surface area contributed by atoms with Crippen molar-refractivity contribution in [2.24, 2.45) is 0 Å². The number of nitrogens with zero attached hydrogens (tertiary/aromatic N) is 7. The Morgan fingerprint density at radius 1 is 1.00 bits per heavy atom. The molecule has 1 aromatic carbocycles. The van der Waals surface area contributed by atoms with Crippen LogP contribution in [0, 0.1) is 6.92 Å². The first-order valence-electron chi connectivity index (χ1n) is 12.2. The van der Waals surface area contributed by atoms with Crippen LogP contribution in [0.15, 0.2) is 59.3 Å². The molecule has 0 radical (unpaired) electrons. The van der Waals surface area contributed by atoms with Gasteiger partial charge in [-0.15, -0.1) is 21.5 Å². The van der Waals surface area contributed by atoms with Crippen LogP contribution in [0.2, 0.25) is 0 Å². The van der Waals surface area contributed by atoms with E-state index in [9.17, 15) is 9.59 Å². The SMILES string of the molecule is CCOC(=O)N1CCN(C(=O)c2csc(CSc3nnc(-c4ccncc4)n3-c3ccc(C)cc3)n2)CC1. The first-order valence-corrected chi connectivity index (χ1v) is 14.1. The number of piperazine rings is 1. The highest BCUT2D eigenvalue weighted by molar-refractivity contribution is 7.98. The number of benzene rings is 1. The Labute approximate surface area is 228 Å². The van der Waals surface area contributed by atoms with E-state index >= 15 is 0 Å². The summed E-state index contributed by atoms with van der Waals surface area (Å²) in [5.41, 5.74) is 3.48. The monoisotopic (exact) mass is 549 g/mol. The van der Waals surface area contributed by atoms with Gasteiger partial charge in [0.25, 0.3) is 5.91 Å². The summed E-state index contributed by atoms with van der Waals surface area (Å²) < 4.78 is 7.08. The minimum atomic E-state index is -0.335. The van der Waals surface area contributed by atoms with E-state index in [-0.39, 0.29) is 12.0 Å². The fraction of sp³-hybridized carbons (Fsp3) is 0.308. The largest absolute Gasteiger partial charge is 0.450 e. The Morgan fingerprint density at radius 2 is 1.71 bits per heavy atom. The van der Waals surface area contributed by atoms with Crippen LogP contribution in [0.3, 0.4) is 0 Å². The summed E-state index contributed by atoms with van der Waals surface area (Å²) in [7, 11) is 0. The van der Waals surface area contributed by atoms with E-state index in [4.69, 9.17) is 4.74 Å². The van der Waals surface area contributed by atoms with Gasteiger partial charge in [0.1, 0.15) is 10.7 Å². The van der Waals surface area contributed by atoms with Crippen LogP contribution in [-0.2, 0) is 10.5 Å². The molecule has 38 heavy (non-hydrogen) atoms. The number of thioether (sulfide) groups is 1. The second-order valence-corrected chi connectivity index (χ2v) is 10.5. The topological polar surface area (TPSA) is 106 Å². The van der Waals surface area contributed by atoms with Gasteiger partial charge in [-0.3, -0.25) is 14.3 Å². The van der Waals surface area contributed by atoms with Gasteiger partial charge in [0.15, 0.2) is 11.0 Å². The zero-order chi connectivity index (χ0) is 26.5. The molecular formula is C26H27N7O3S2. The van der Waals surface area contributed by atoms with E-state index < -0.39 is 0 Å². The minimum Gasteiger partial charge on any atom is -0.450 e. The van der Waals surface area contributed by atoms with Crippen molar-refractivity contribution in [3.8, 4) is 17.1 Å². The van der Waals surface area contributed by atoms with Crippen LogP contribution < -0.4 is 0 Å². The predicted octanol–water partition coefficient (Wildman–Crippen LogP) is 4.30. The number of aryl methyl sites for hydroxylation is 1. The van der Waals surface area contributed by atoms with Crippen molar-refractivity contribution in [1.29, 1.82) is 0 Å². The third-order valence-electron chi connectivity index (χ3n) is 6.05. The first-order chi connectivity index (χ1) is 18.5. The lowest BCUT2D eigenvalue weighted by atomic mass is 10.2. The third kappa shape index (κ3) is 5.70. The van der Waals surface area contributed by atoms with E-state index in [1.807, 2.05) is 16.7 Å². The van der Waals surface area contributed by atoms with E-state index in [0.717, 1.165) is 27.2 Å². The lowest BCUT2D eigenvalue weighted by Crippen LogP contribution is -2.50. The number of amides is 2. The molecule has 1 aliphatic heterocycles. The number of aromatic nitrogens is 5. The van der Waals surface area contributed by atoms with Gasteiger partial charge < -0.3 is 14.5 Å². The van der Waals surface area contributed by atoms with Crippen molar-refractivity contribution < 1.29 is 14.3 Å². The summed E-state index contributed by atoms with van der Waals surface area (Å²) in [4.78, 5) is 37.0. The third-order valence-corrected chi connectivity index (χ3v) is 8.02. The molecule has 0 N–H and O–H groups in total. The summed E-state index contributed by atoms with van der Waals surface area (Å²) in [6.07, 6.45) is 3.14. The number of hydrogen-bond donors (Lipinski definition) is 0. The fourth-order valence-corrected chi connectivity index (χ4v) is 5.79. The van der Waals surface area contributed by atoms with Crippen LogP contribution in [-0.4, -0.2) is 79.3 Å². The van der Waals surface area contributed by atoms with E-state index in [1.54, 1.807) is 34.5 Å². The molecule has 1 saturated heterocycles. The van der Waals surface area contributed by atoms with Crippen LogP contribution in [0.5, 0.6) is 0 Å². The molecule has 2 amide bonds. The average Bonchev–Trinajstić information content (AvgIpc) is 3.60. The molecular weight excluding hydrogens is 522 g/mol. The molecule has 4 heterocycles. The predicted molar refractivity (Wildman–Crippen MR) is 146 cm³/mol. The maximum atomic E-state index is 13.0. The number of ether oxygens (including phenoxy) is 1. The van der Waals surface area contributed by atoms with Crippen molar-refractivity contribution in [1.82, 2.24) is 34.5 Å². The quantitative estimate of drug-likeness (QED) is 0.314. The smallest absolute Gasteiger partial charge is 0.409 e. The molecule has 12 heteroatoms. The van der Waals surface area contributed by atoms with E-state index in [1.165, 1.54) is 28.7 Å². The van der Waals surface area contributed by atoms with Crippen LogP contribution >= 0.6 is 23.1 Å². The molecule has 1 aliphatic rings. The normalized spacial score (nSPS) is 13.5. The zero-order valence-corrected chi connectivity index (χ0v) is 22.7. The summed E-state index contributed by atoms with van der Waals surface area (Å²) in [6, 6.07) is 12.0. The zero-order valence-electron chi connectivity index (χ0n) is 21.1. The second kappa shape index (κ2) is 11.7. The van der Waals surface area contributed by atoms with Gasteiger partial charge in [0, 0.05) is 55.2 Å². The molecule has 196 valence electrons. The number of pyridine rings is 1. The van der Waals surface area contributed by atoms with Crippen molar-refractivity contribution in [2.75, 3.05) is 32.8 Å². The maximum absolute atomic E-state index is 13.0. The van der Waals surface area contributed by atoms with E-state index in [0.29, 0.717) is 44.2 Å². The van der Waals surface area contributed by atoms with Gasteiger partial charge in [0.2, 0.25) is 0 Å². The molecule has 0 spiro atoms. The Hall–Kier alpha value is -3.77. The van der Waals surface area contributed by atoms with Gasteiger partial charge >= 0.3 is 6.09 Å². The number of hydrogen-bond acceptors (Lipinski definition) is 9. The number of rotatable bonds is 7. The highest BCUT2D eigenvalue weighted by Crippen LogP contribution is 2.30.